The van der Waals surface area contributed by atoms with Crippen molar-refractivity contribution < 1.29 is 9.90 Å². The topological polar surface area (TPSA) is 92.4 Å². The molecule has 0 atom stereocenters. The summed E-state index contributed by atoms with van der Waals surface area (Å²) in [5, 5.41) is 22.8. The number of nitrogens with one attached hydrogen (secondary N) is 1. The van der Waals surface area contributed by atoms with Gasteiger partial charge in [-0.25, -0.2) is 5.43 Å². The van der Waals surface area contributed by atoms with Gasteiger partial charge in [-0.3, -0.25) is 9.36 Å². The van der Waals surface area contributed by atoms with Crippen molar-refractivity contribution in [3.8, 4) is 22.8 Å². The van der Waals surface area contributed by atoms with Gasteiger partial charge in [-0.1, -0.05) is 71.4 Å². The average Bonchev–Trinajstić information content (AvgIpc) is 3.23. The number of aromatic hydroxyl groups is 1. The maximum Gasteiger partial charge on any atom is 0.250 e. The fourth-order valence-corrected chi connectivity index (χ4v) is 3.87. The Labute approximate surface area is 196 Å². The van der Waals surface area contributed by atoms with Crippen LogP contribution in [-0.4, -0.2) is 37.7 Å². The van der Waals surface area contributed by atoms with Crippen LogP contribution in [0.1, 0.15) is 16.7 Å². The molecule has 0 aliphatic rings. The highest BCUT2D eigenvalue weighted by atomic mass is 32.2. The Balaban J connectivity index is 1.51. The van der Waals surface area contributed by atoms with Crippen LogP contribution in [0.25, 0.3) is 17.1 Å². The van der Waals surface area contributed by atoms with Gasteiger partial charge in [0.05, 0.1) is 12.0 Å². The van der Waals surface area contributed by atoms with E-state index in [0.717, 1.165) is 22.4 Å². The minimum Gasteiger partial charge on any atom is -0.508 e. The van der Waals surface area contributed by atoms with Crippen LogP contribution in [0.5, 0.6) is 5.75 Å². The van der Waals surface area contributed by atoms with Crippen molar-refractivity contribution in [1.29, 1.82) is 0 Å². The van der Waals surface area contributed by atoms with E-state index in [0.29, 0.717) is 16.5 Å². The number of benzene rings is 3. The van der Waals surface area contributed by atoms with Crippen LogP contribution in [0.15, 0.2) is 83.1 Å². The number of phenolic OH excluding ortho intramolecular Hbond substituents is 1. The molecule has 0 spiro atoms. The third kappa shape index (κ3) is 5.67. The molecule has 0 saturated carbocycles. The van der Waals surface area contributed by atoms with E-state index in [2.05, 4.69) is 20.7 Å². The molecule has 1 heterocycles. The van der Waals surface area contributed by atoms with Crippen molar-refractivity contribution in [2.75, 3.05) is 5.75 Å². The number of hydrogen-bond acceptors (Lipinski definition) is 6. The molecule has 1 aromatic heterocycles. The van der Waals surface area contributed by atoms with Crippen LogP contribution in [0, 0.1) is 13.8 Å². The minimum absolute atomic E-state index is 0.120. The molecule has 0 bridgehead atoms. The monoisotopic (exact) mass is 457 g/mol. The van der Waals surface area contributed by atoms with Gasteiger partial charge in [-0.05, 0) is 43.7 Å². The maximum absolute atomic E-state index is 12.3. The van der Waals surface area contributed by atoms with E-state index in [9.17, 15) is 9.90 Å². The van der Waals surface area contributed by atoms with E-state index in [1.54, 1.807) is 24.3 Å². The van der Waals surface area contributed by atoms with Crippen molar-refractivity contribution in [3.05, 3.63) is 89.5 Å². The lowest BCUT2D eigenvalue weighted by molar-refractivity contribution is -0.118. The predicted octanol–water partition coefficient (Wildman–Crippen LogP) is 4.50. The van der Waals surface area contributed by atoms with Crippen LogP contribution in [0.2, 0.25) is 0 Å². The van der Waals surface area contributed by atoms with E-state index in [1.807, 2.05) is 66.9 Å². The molecule has 0 fully saturated rings. The second-order valence-corrected chi connectivity index (χ2v) is 8.46. The number of aromatic nitrogens is 3. The number of hydrazone groups is 1. The van der Waals surface area contributed by atoms with Gasteiger partial charge in [0.2, 0.25) is 0 Å². The number of hydrogen-bond donors (Lipinski definition) is 2. The Bertz CT molecular complexity index is 1280. The Morgan fingerprint density at radius 3 is 2.42 bits per heavy atom. The molecule has 0 saturated heterocycles. The Kier molecular flexibility index (Phi) is 6.85. The van der Waals surface area contributed by atoms with E-state index < -0.39 is 0 Å². The zero-order valence-corrected chi connectivity index (χ0v) is 19.1. The van der Waals surface area contributed by atoms with E-state index in [-0.39, 0.29) is 17.4 Å². The van der Waals surface area contributed by atoms with Crippen molar-refractivity contribution >= 4 is 23.9 Å². The zero-order chi connectivity index (χ0) is 23.2. The van der Waals surface area contributed by atoms with Crippen LogP contribution >= 0.6 is 11.8 Å². The van der Waals surface area contributed by atoms with Crippen LogP contribution in [0.4, 0.5) is 0 Å². The predicted molar refractivity (Wildman–Crippen MR) is 131 cm³/mol. The Morgan fingerprint density at radius 1 is 1.03 bits per heavy atom. The Morgan fingerprint density at radius 2 is 1.73 bits per heavy atom. The highest BCUT2D eigenvalue weighted by Crippen LogP contribution is 2.28. The molecule has 0 unspecified atom stereocenters. The van der Waals surface area contributed by atoms with Gasteiger partial charge in [0, 0.05) is 11.3 Å². The molecule has 0 aliphatic carbocycles. The summed E-state index contributed by atoms with van der Waals surface area (Å²) in [5.74, 6) is 0.700. The number of carbonyl (C=O) groups excluding carboxylic acids is 1. The molecule has 166 valence electrons. The molecule has 7 nitrogen and oxygen atoms in total. The quantitative estimate of drug-likeness (QED) is 0.242. The molecule has 4 rings (SSSR count). The molecule has 3 aromatic carbocycles. The van der Waals surface area contributed by atoms with Gasteiger partial charge in [0.15, 0.2) is 11.0 Å². The summed E-state index contributed by atoms with van der Waals surface area (Å²) >= 11 is 1.28. The van der Waals surface area contributed by atoms with Gasteiger partial charge < -0.3 is 5.11 Å². The lowest BCUT2D eigenvalue weighted by Crippen LogP contribution is -2.20. The number of phenols is 1. The number of carbonyl (C=O) groups is 1. The highest BCUT2D eigenvalue weighted by molar-refractivity contribution is 7.99. The molecule has 0 aliphatic heterocycles. The highest BCUT2D eigenvalue weighted by Gasteiger charge is 2.17. The average molecular weight is 458 g/mol. The van der Waals surface area contributed by atoms with Crippen LogP contribution in [-0.2, 0) is 4.79 Å². The number of rotatable bonds is 7. The first-order valence-corrected chi connectivity index (χ1v) is 11.3. The summed E-state index contributed by atoms with van der Waals surface area (Å²) in [5.41, 5.74) is 7.37. The van der Waals surface area contributed by atoms with Gasteiger partial charge in [-0.15, -0.1) is 10.2 Å². The van der Waals surface area contributed by atoms with Gasteiger partial charge in [0.1, 0.15) is 5.75 Å². The number of amides is 1. The lowest BCUT2D eigenvalue weighted by Gasteiger charge is -2.11. The van der Waals surface area contributed by atoms with Crippen molar-refractivity contribution in [2.45, 2.75) is 19.0 Å². The minimum atomic E-state index is -0.272. The summed E-state index contributed by atoms with van der Waals surface area (Å²) in [7, 11) is 0. The molecule has 8 heteroatoms. The van der Waals surface area contributed by atoms with Crippen LogP contribution in [0.3, 0.4) is 0 Å². The summed E-state index contributed by atoms with van der Waals surface area (Å²) < 4.78 is 1.96. The molecule has 0 radical (unpaired) electrons. The van der Waals surface area contributed by atoms with E-state index >= 15 is 0 Å². The summed E-state index contributed by atoms with van der Waals surface area (Å²) in [6.45, 7) is 4.07. The summed E-state index contributed by atoms with van der Waals surface area (Å²) in [6.07, 6.45) is 1.48. The number of thioether (sulfide) groups is 1. The third-order valence-corrected chi connectivity index (χ3v) is 5.77. The standard InChI is InChI=1S/C25H23N5O2S/c1-17-6-10-20(11-7-17)24-28-29-25(30(24)21-12-8-18(2)9-13-21)33-16-23(32)27-26-15-19-4-3-5-22(31)14-19/h3-15,31H,16H2,1-2H3,(H,27,32). The fraction of sp³-hybridized carbons (Fsp3) is 0.120. The zero-order valence-electron chi connectivity index (χ0n) is 18.3. The molecule has 2 N–H and O–H groups in total. The third-order valence-electron chi connectivity index (χ3n) is 4.84. The van der Waals surface area contributed by atoms with E-state index in [1.165, 1.54) is 18.0 Å². The fourth-order valence-electron chi connectivity index (χ4n) is 3.13. The van der Waals surface area contributed by atoms with Gasteiger partial charge >= 0.3 is 0 Å². The normalized spacial score (nSPS) is 11.1. The van der Waals surface area contributed by atoms with Crippen molar-refractivity contribution in [1.82, 2.24) is 20.2 Å². The first kappa shape index (κ1) is 22.3. The second-order valence-electron chi connectivity index (χ2n) is 7.52. The molecule has 4 aromatic rings. The summed E-state index contributed by atoms with van der Waals surface area (Å²) in [4.78, 5) is 12.3. The van der Waals surface area contributed by atoms with Gasteiger partial charge in [-0.2, -0.15) is 5.10 Å². The summed E-state index contributed by atoms with van der Waals surface area (Å²) in [6, 6.07) is 22.8. The Hall–Kier alpha value is -3.91. The number of aryl methyl sites for hydroxylation is 2. The van der Waals surface area contributed by atoms with Gasteiger partial charge in [0.25, 0.3) is 5.91 Å². The SMILES string of the molecule is Cc1ccc(-c2nnc(SCC(=O)NN=Cc3cccc(O)c3)n2-c2ccc(C)cc2)cc1. The first-order chi connectivity index (χ1) is 16.0. The van der Waals surface area contributed by atoms with Crippen LogP contribution < -0.4 is 5.43 Å². The first-order valence-electron chi connectivity index (χ1n) is 10.3. The maximum atomic E-state index is 12.3. The molecule has 33 heavy (non-hydrogen) atoms. The lowest BCUT2D eigenvalue weighted by atomic mass is 10.1. The van der Waals surface area contributed by atoms with E-state index in [4.69, 9.17) is 0 Å². The molecular weight excluding hydrogens is 434 g/mol. The van der Waals surface area contributed by atoms with Crippen molar-refractivity contribution in [2.24, 2.45) is 5.10 Å². The largest absolute Gasteiger partial charge is 0.508 e. The number of nitrogens with zero attached hydrogens (tertiary/aromatic N) is 4. The molecule has 1 amide bonds. The second kappa shape index (κ2) is 10.1. The van der Waals surface area contributed by atoms with Crippen molar-refractivity contribution in [3.63, 3.8) is 0 Å². The molecular formula is C25H23N5O2S. The smallest absolute Gasteiger partial charge is 0.250 e.